The number of piperidine rings is 2. The first-order valence-electron chi connectivity index (χ1n) is 23.5. The van der Waals surface area contributed by atoms with E-state index in [1.165, 1.54) is 48.0 Å². The van der Waals surface area contributed by atoms with Crippen molar-refractivity contribution in [2.75, 3.05) is 66.7 Å². The molecule has 372 valence electrons. The van der Waals surface area contributed by atoms with Crippen molar-refractivity contribution in [3.8, 4) is 11.5 Å². The highest BCUT2D eigenvalue weighted by Crippen LogP contribution is 2.31. The number of nitrogen functional groups attached to an aromatic ring is 1. The Labute approximate surface area is 434 Å². The number of hydrogen-bond acceptors (Lipinski definition) is 12. The molecule has 3 heterocycles. The molecule has 7 rings (SSSR count). The van der Waals surface area contributed by atoms with Crippen LogP contribution >= 0.6 is 61.1 Å². The van der Waals surface area contributed by atoms with Gasteiger partial charge < -0.3 is 31.6 Å². The number of amidine groups is 1. The van der Waals surface area contributed by atoms with Crippen molar-refractivity contribution >= 4 is 105 Å². The SMILES string of the molecule is CCSC(N)=NC(=S)Nc1ccc(OC2CCCN(CC)C2)cc1.CCc1cccc(C(=O)CBr)c1.CCc1cccc(C(=O)c2sc(Nc3ccc(OC4CCCN(CC)C4)cc3)nc2N)c1.P. The molecule has 1 aromatic heterocycles. The molecule has 0 amide bonds. The van der Waals surface area contributed by atoms with E-state index < -0.39 is 0 Å². The minimum absolute atomic E-state index is 0. The molecule has 5 aromatic rings. The highest BCUT2D eigenvalue weighted by molar-refractivity contribution is 9.09. The number of alkyl halides is 1. The maximum absolute atomic E-state index is 12.9. The Morgan fingerprint density at radius 2 is 1.33 bits per heavy atom. The molecule has 2 fully saturated rings. The number of halogens is 1. The number of likely N-dealkylation sites (N-methyl/N-ethyl adjacent to an activating group) is 2. The summed E-state index contributed by atoms with van der Waals surface area (Å²) in [6, 6.07) is 31.1. The Kier molecular flexibility index (Phi) is 25.2. The van der Waals surface area contributed by atoms with Crippen molar-refractivity contribution in [1.29, 1.82) is 0 Å². The van der Waals surface area contributed by atoms with Gasteiger partial charge in [0.15, 0.2) is 21.2 Å². The van der Waals surface area contributed by atoms with E-state index in [-0.39, 0.29) is 39.5 Å². The lowest BCUT2D eigenvalue weighted by Gasteiger charge is -2.32. The number of nitrogens with one attached hydrogen (secondary N) is 2. The number of anilines is 4. The molecule has 4 aromatic carbocycles. The summed E-state index contributed by atoms with van der Waals surface area (Å²) in [5.74, 6) is 2.93. The van der Waals surface area contributed by atoms with Gasteiger partial charge in [0.1, 0.15) is 34.4 Å². The molecule has 6 N–H and O–H groups in total. The number of benzene rings is 4. The third kappa shape index (κ3) is 19.0. The Morgan fingerprint density at radius 1 is 0.812 bits per heavy atom. The van der Waals surface area contributed by atoms with Crippen LogP contribution in [0.5, 0.6) is 11.5 Å². The second kappa shape index (κ2) is 30.4. The number of ketones is 2. The van der Waals surface area contributed by atoms with Gasteiger partial charge in [0, 0.05) is 35.6 Å². The Balaban J connectivity index is 0.000000247. The van der Waals surface area contributed by atoms with Gasteiger partial charge in [-0.15, -0.1) is 0 Å². The summed E-state index contributed by atoms with van der Waals surface area (Å²) >= 11 is 11.1. The largest absolute Gasteiger partial charge is 0.489 e. The second-order valence-electron chi connectivity index (χ2n) is 16.3. The number of aryl methyl sites for hydroxylation is 2. The fourth-order valence-electron chi connectivity index (χ4n) is 7.62. The molecular weight excluding hydrogens is 1010 g/mol. The third-order valence-corrected chi connectivity index (χ3v) is 13.7. The van der Waals surface area contributed by atoms with Crippen molar-refractivity contribution in [3.05, 3.63) is 124 Å². The van der Waals surface area contributed by atoms with E-state index in [9.17, 15) is 9.59 Å². The zero-order valence-corrected chi connectivity index (χ0v) is 46.1. The summed E-state index contributed by atoms with van der Waals surface area (Å²) in [4.78, 5) is 38.0. The number of aliphatic imine (C=N–C) groups is 1. The summed E-state index contributed by atoms with van der Waals surface area (Å²) < 4.78 is 12.3. The number of ether oxygens (including phenoxy) is 2. The van der Waals surface area contributed by atoms with Gasteiger partial charge in [-0.05, 0) is 154 Å². The number of thiocarbonyl (C=S) groups is 1. The van der Waals surface area contributed by atoms with Gasteiger partial charge in [-0.2, -0.15) is 14.9 Å². The van der Waals surface area contributed by atoms with Gasteiger partial charge in [0.05, 0.1) is 5.33 Å². The van der Waals surface area contributed by atoms with E-state index in [4.69, 9.17) is 33.2 Å². The second-order valence-corrected chi connectivity index (χ2v) is 19.5. The van der Waals surface area contributed by atoms with Crippen LogP contribution in [0.4, 0.5) is 22.3 Å². The van der Waals surface area contributed by atoms with Crippen LogP contribution in [0.15, 0.2) is 102 Å². The molecule has 2 aliphatic heterocycles. The van der Waals surface area contributed by atoms with Gasteiger partial charge in [0.25, 0.3) is 0 Å². The molecule has 17 heteroatoms. The number of carbonyl (C=O) groups is 2. The summed E-state index contributed by atoms with van der Waals surface area (Å²) in [5, 5.41) is 8.16. The van der Waals surface area contributed by atoms with E-state index in [0.717, 1.165) is 98.2 Å². The molecule has 0 bridgehead atoms. The fourth-order valence-corrected chi connectivity index (χ4v) is 9.54. The summed E-state index contributed by atoms with van der Waals surface area (Å²) in [6.45, 7) is 17.0. The van der Waals surface area contributed by atoms with Gasteiger partial charge in [-0.3, -0.25) is 19.4 Å². The number of Topliss-reactive ketones (excluding diaryl/α,β-unsaturated/α-hetero) is 1. The molecule has 2 saturated heterocycles. The first-order chi connectivity index (χ1) is 32.9. The molecule has 0 saturated carbocycles. The lowest BCUT2D eigenvalue weighted by molar-refractivity contribution is 0.0919. The van der Waals surface area contributed by atoms with Crippen LogP contribution in [-0.2, 0) is 12.8 Å². The summed E-state index contributed by atoms with van der Waals surface area (Å²) in [6.07, 6.45) is 6.94. The lowest BCUT2D eigenvalue weighted by atomic mass is 10.1. The fraction of sp³-hybridized carbons (Fsp3) is 0.404. The highest BCUT2D eigenvalue weighted by Gasteiger charge is 2.22. The number of nitrogens with two attached hydrogens (primary N) is 2. The number of thioether (sulfide) groups is 1. The summed E-state index contributed by atoms with van der Waals surface area (Å²) in [7, 11) is 0. The minimum Gasteiger partial charge on any atom is -0.489 e. The maximum Gasteiger partial charge on any atom is 0.206 e. The quantitative estimate of drug-likeness (QED) is 0.0185. The van der Waals surface area contributed by atoms with Crippen LogP contribution in [0.2, 0.25) is 0 Å². The number of nitrogens with zero attached hydrogens (tertiary/aromatic N) is 4. The predicted octanol–water partition coefficient (Wildman–Crippen LogP) is 11.3. The van der Waals surface area contributed by atoms with Crippen LogP contribution in [0.3, 0.4) is 0 Å². The number of carbonyl (C=O) groups excluding carboxylic acids is 2. The topological polar surface area (TPSA) is 160 Å². The average Bonchev–Trinajstić information content (AvgIpc) is 3.74. The van der Waals surface area contributed by atoms with Crippen molar-refractivity contribution in [2.24, 2.45) is 10.7 Å². The Bertz CT molecular complexity index is 2410. The molecule has 0 radical (unpaired) electrons. The standard InChI is InChI=1S/C25H30N4O2S.C17H26N4OS2.C10H11BrO.H3P/c1-3-17-7-5-8-18(15-17)22(30)23-24(26)28-25(32-23)27-19-10-12-20(13-11-19)31-21-9-6-14-29(4-2)16-21;1-3-21-11-5-6-15(12-21)22-14-9-7-13(8-10-14)19-17(23)20-16(18)24-4-2;1-2-8-4-3-5-9(6-8)10(12)7-11;/h5,7-8,10-13,15,21H,3-4,6,9,14,16,26H2,1-2H3,(H,27,28);7-10,15H,3-6,11-12H2,1-2H3,(H3,18,19,20,23);3-6H,2,7H2,1H3;1H3. The molecule has 0 aliphatic carbocycles. The first kappa shape index (κ1) is 57.2. The molecule has 69 heavy (non-hydrogen) atoms. The normalized spacial score (nSPS) is 16.1. The zero-order valence-electron chi connectivity index (χ0n) is 40.7. The average molecular weight is 1080 g/mol. The Morgan fingerprint density at radius 3 is 1.84 bits per heavy atom. The van der Waals surface area contributed by atoms with Crippen LogP contribution < -0.4 is 31.6 Å². The maximum atomic E-state index is 12.9. The van der Waals surface area contributed by atoms with E-state index in [1.54, 1.807) is 0 Å². The van der Waals surface area contributed by atoms with Gasteiger partial charge in [-0.1, -0.05) is 110 Å². The van der Waals surface area contributed by atoms with Crippen molar-refractivity contribution in [3.63, 3.8) is 0 Å². The summed E-state index contributed by atoms with van der Waals surface area (Å²) in [5.41, 5.74) is 17.3. The number of rotatable bonds is 16. The first-order valence-corrected chi connectivity index (χ1v) is 26.9. The molecule has 2 aliphatic rings. The number of hydrogen-bond donors (Lipinski definition) is 4. The Hall–Kier alpha value is -4.41. The molecular formula is C52H70BrN8O4PS3. The minimum atomic E-state index is -0.0966. The van der Waals surface area contributed by atoms with Crippen molar-refractivity contribution in [2.45, 2.75) is 85.4 Å². The van der Waals surface area contributed by atoms with Gasteiger partial charge >= 0.3 is 0 Å². The van der Waals surface area contributed by atoms with E-state index in [1.807, 2.05) is 104 Å². The van der Waals surface area contributed by atoms with Crippen molar-refractivity contribution < 1.29 is 19.1 Å². The lowest BCUT2D eigenvalue weighted by Crippen LogP contribution is -2.40. The number of aromatic nitrogens is 1. The zero-order chi connectivity index (χ0) is 48.8. The smallest absolute Gasteiger partial charge is 0.206 e. The molecule has 3 atom stereocenters. The molecule has 3 unspecified atom stereocenters. The monoisotopic (exact) mass is 1080 g/mol. The third-order valence-electron chi connectivity index (χ3n) is 11.4. The van der Waals surface area contributed by atoms with Crippen molar-refractivity contribution in [1.82, 2.24) is 14.8 Å². The molecule has 0 spiro atoms. The number of thiazole rings is 1. The van der Waals surface area contributed by atoms with E-state index in [0.29, 0.717) is 31.2 Å². The molecule has 12 nitrogen and oxygen atoms in total. The van der Waals surface area contributed by atoms with Crippen LogP contribution in [0.1, 0.15) is 97.0 Å². The highest BCUT2D eigenvalue weighted by atomic mass is 79.9. The van der Waals surface area contributed by atoms with Crippen LogP contribution in [0.25, 0.3) is 0 Å². The van der Waals surface area contributed by atoms with E-state index >= 15 is 0 Å². The van der Waals surface area contributed by atoms with Gasteiger partial charge in [0.2, 0.25) is 5.78 Å². The van der Waals surface area contributed by atoms with Gasteiger partial charge in [-0.25, -0.2) is 4.98 Å². The van der Waals surface area contributed by atoms with E-state index in [2.05, 4.69) is 74.0 Å². The predicted molar refractivity (Wildman–Crippen MR) is 304 cm³/mol. The van der Waals surface area contributed by atoms with Crippen LogP contribution in [-0.4, -0.2) is 99.2 Å². The number of likely N-dealkylation sites (tertiary alicyclic amines) is 2. The van der Waals surface area contributed by atoms with Crippen LogP contribution in [0, 0.1) is 0 Å².